The van der Waals surface area contributed by atoms with Crippen LogP contribution in [0.1, 0.15) is 18.1 Å². The van der Waals surface area contributed by atoms with Gasteiger partial charge >= 0.3 is 0 Å². The zero-order valence-electron chi connectivity index (χ0n) is 14.9. The number of thioether (sulfide) groups is 1. The van der Waals surface area contributed by atoms with Crippen LogP contribution in [-0.2, 0) is 10.6 Å². The van der Waals surface area contributed by atoms with E-state index in [1.54, 1.807) is 0 Å². The Morgan fingerprint density at radius 2 is 1.92 bits per heavy atom. The number of halogens is 1. The third kappa shape index (κ3) is 7.79. The van der Waals surface area contributed by atoms with Gasteiger partial charge in [0.05, 0.1) is 5.71 Å². The number of hydrogen-bond donors (Lipinski definition) is 2. The molecule has 2 aromatic carbocycles. The number of oxime groups is 1. The summed E-state index contributed by atoms with van der Waals surface area (Å²) >= 11 is 7.98. The molecule has 26 heavy (non-hydrogen) atoms. The van der Waals surface area contributed by atoms with Crippen LogP contribution in [0.25, 0.3) is 0 Å². The van der Waals surface area contributed by atoms with Gasteiger partial charge in [-0.1, -0.05) is 65.3 Å². The molecular formula is C20H25ClN2O2S. The van der Waals surface area contributed by atoms with Crippen molar-refractivity contribution in [3.05, 3.63) is 70.7 Å². The lowest BCUT2D eigenvalue weighted by molar-refractivity contribution is 0.0407. The van der Waals surface area contributed by atoms with Crippen LogP contribution in [0.2, 0.25) is 5.02 Å². The van der Waals surface area contributed by atoms with Gasteiger partial charge in [0.15, 0.2) is 0 Å². The van der Waals surface area contributed by atoms with E-state index in [0.717, 1.165) is 23.6 Å². The molecule has 1 atom stereocenters. The minimum atomic E-state index is -0.600. The van der Waals surface area contributed by atoms with Gasteiger partial charge in [-0.05, 0) is 18.6 Å². The molecule has 6 heteroatoms. The van der Waals surface area contributed by atoms with Crippen LogP contribution in [0.15, 0.2) is 59.8 Å². The van der Waals surface area contributed by atoms with Crippen LogP contribution in [0.4, 0.5) is 0 Å². The Labute approximate surface area is 164 Å². The first-order chi connectivity index (χ1) is 12.7. The monoisotopic (exact) mass is 392 g/mol. The van der Waals surface area contributed by atoms with Crippen molar-refractivity contribution >= 4 is 29.1 Å². The third-order valence-electron chi connectivity index (χ3n) is 3.65. The highest BCUT2D eigenvalue weighted by Gasteiger charge is 2.06. The van der Waals surface area contributed by atoms with E-state index >= 15 is 0 Å². The SMILES string of the molecule is C/C(=N/OC[C@@H](O)CNCCSCc1ccccc1)c1ccccc1Cl. The molecule has 0 radical (unpaired) electrons. The lowest BCUT2D eigenvalue weighted by Crippen LogP contribution is -2.31. The predicted octanol–water partition coefficient (Wildman–Crippen LogP) is 3.96. The van der Waals surface area contributed by atoms with Crippen molar-refractivity contribution in [3.63, 3.8) is 0 Å². The lowest BCUT2D eigenvalue weighted by atomic mass is 10.1. The standard InChI is InChI=1S/C20H25ClN2O2S/c1-16(19-9-5-6-10-20(19)21)23-25-14-18(24)13-22-11-12-26-15-17-7-3-2-4-8-17/h2-10,18,22,24H,11-15H2,1H3/b23-16-/t18-/m0/s1. The highest BCUT2D eigenvalue weighted by molar-refractivity contribution is 7.98. The zero-order valence-corrected chi connectivity index (χ0v) is 16.5. The van der Waals surface area contributed by atoms with Crippen LogP contribution >= 0.6 is 23.4 Å². The van der Waals surface area contributed by atoms with Gasteiger partial charge in [0.2, 0.25) is 0 Å². The fourth-order valence-corrected chi connectivity index (χ4v) is 3.39. The van der Waals surface area contributed by atoms with Gasteiger partial charge in [0.25, 0.3) is 0 Å². The number of aliphatic hydroxyl groups is 1. The molecule has 140 valence electrons. The van der Waals surface area contributed by atoms with E-state index in [9.17, 15) is 5.11 Å². The summed E-state index contributed by atoms with van der Waals surface area (Å²) in [6.45, 7) is 3.30. The predicted molar refractivity (Wildman–Crippen MR) is 111 cm³/mol. The van der Waals surface area contributed by atoms with E-state index in [4.69, 9.17) is 16.4 Å². The van der Waals surface area contributed by atoms with Crippen molar-refractivity contribution in [2.45, 2.75) is 18.8 Å². The Bertz CT molecular complexity index is 683. The molecule has 0 aromatic heterocycles. The minimum Gasteiger partial charge on any atom is -0.393 e. The summed E-state index contributed by atoms with van der Waals surface area (Å²) in [5.41, 5.74) is 2.85. The molecule has 0 amide bonds. The first kappa shape index (κ1) is 20.8. The average molecular weight is 393 g/mol. The van der Waals surface area contributed by atoms with E-state index in [2.05, 4.69) is 34.7 Å². The summed E-state index contributed by atoms with van der Waals surface area (Å²) in [6.07, 6.45) is -0.600. The van der Waals surface area contributed by atoms with Gasteiger partial charge in [-0.15, -0.1) is 0 Å². The van der Waals surface area contributed by atoms with E-state index in [0.29, 0.717) is 17.3 Å². The summed E-state index contributed by atoms with van der Waals surface area (Å²) < 4.78 is 0. The molecule has 2 N–H and O–H groups in total. The molecule has 0 aliphatic heterocycles. The Balaban J connectivity index is 1.55. The van der Waals surface area contributed by atoms with E-state index in [1.165, 1.54) is 5.56 Å². The van der Waals surface area contributed by atoms with Gasteiger partial charge in [0, 0.05) is 35.2 Å². The number of hydrogen-bond acceptors (Lipinski definition) is 5. The topological polar surface area (TPSA) is 53.9 Å². The van der Waals surface area contributed by atoms with Gasteiger partial charge in [-0.2, -0.15) is 11.8 Å². The molecule has 0 aliphatic rings. The second-order valence-electron chi connectivity index (χ2n) is 5.85. The maximum Gasteiger partial charge on any atom is 0.144 e. The molecule has 0 unspecified atom stereocenters. The van der Waals surface area contributed by atoms with Gasteiger partial charge in [-0.3, -0.25) is 0 Å². The normalized spacial score (nSPS) is 12.8. The smallest absolute Gasteiger partial charge is 0.144 e. The maximum absolute atomic E-state index is 9.93. The van der Waals surface area contributed by atoms with Gasteiger partial charge in [-0.25, -0.2) is 0 Å². The van der Waals surface area contributed by atoms with Crippen molar-refractivity contribution in [2.24, 2.45) is 5.16 Å². The number of benzene rings is 2. The average Bonchev–Trinajstić information content (AvgIpc) is 2.65. The molecule has 0 bridgehead atoms. The Morgan fingerprint density at radius 3 is 2.69 bits per heavy atom. The largest absolute Gasteiger partial charge is 0.393 e. The van der Waals surface area contributed by atoms with Crippen molar-refractivity contribution < 1.29 is 9.94 Å². The Hall–Kier alpha value is -1.53. The highest BCUT2D eigenvalue weighted by atomic mass is 35.5. The van der Waals surface area contributed by atoms with Crippen molar-refractivity contribution in [1.82, 2.24) is 5.32 Å². The molecule has 2 rings (SSSR count). The van der Waals surface area contributed by atoms with Crippen molar-refractivity contribution in [3.8, 4) is 0 Å². The van der Waals surface area contributed by atoms with Gasteiger partial charge in [0.1, 0.15) is 12.7 Å². The van der Waals surface area contributed by atoms with E-state index in [1.807, 2.05) is 49.0 Å². The van der Waals surface area contributed by atoms with Crippen LogP contribution in [0.5, 0.6) is 0 Å². The maximum atomic E-state index is 9.93. The molecule has 0 fully saturated rings. The summed E-state index contributed by atoms with van der Waals surface area (Å²) in [6, 6.07) is 17.9. The lowest BCUT2D eigenvalue weighted by Gasteiger charge is -2.11. The van der Waals surface area contributed by atoms with E-state index in [-0.39, 0.29) is 6.61 Å². The summed E-state index contributed by atoms with van der Waals surface area (Å²) in [5, 5.41) is 17.8. The second-order valence-corrected chi connectivity index (χ2v) is 7.36. The fourth-order valence-electron chi connectivity index (χ4n) is 2.26. The molecule has 0 spiro atoms. The molecule has 0 heterocycles. The molecule has 0 saturated heterocycles. The van der Waals surface area contributed by atoms with E-state index < -0.39 is 6.10 Å². The quantitative estimate of drug-likeness (QED) is 0.345. The molecule has 0 saturated carbocycles. The van der Waals surface area contributed by atoms with Crippen molar-refractivity contribution in [1.29, 1.82) is 0 Å². The molecule has 0 aliphatic carbocycles. The number of aliphatic hydroxyl groups excluding tert-OH is 1. The fraction of sp³-hybridized carbons (Fsp3) is 0.350. The highest BCUT2D eigenvalue weighted by Crippen LogP contribution is 2.15. The molecular weight excluding hydrogens is 368 g/mol. The first-order valence-electron chi connectivity index (χ1n) is 8.58. The number of nitrogens with zero attached hydrogens (tertiary/aromatic N) is 1. The van der Waals surface area contributed by atoms with Crippen LogP contribution in [-0.4, -0.2) is 42.4 Å². The molecule has 2 aromatic rings. The third-order valence-corrected chi connectivity index (χ3v) is 5.01. The summed E-state index contributed by atoms with van der Waals surface area (Å²) in [7, 11) is 0. The Kier molecular flexibility index (Phi) is 9.56. The number of rotatable bonds is 11. The Morgan fingerprint density at radius 1 is 1.19 bits per heavy atom. The molecule has 4 nitrogen and oxygen atoms in total. The van der Waals surface area contributed by atoms with Gasteiger partial charge < -0.3 is 15.3 Å². The van der Waals surface area contributed by atoms with Crippen LogP contribution in [0.3, 0.4) is 0 Å². The van der Waals surface area contributed by atoms with Crippen LogP contribution < -0.4 is 5.32 Å². The second kappa shape index (κ2) is 12.0. The first-order valence-corrected chi connectivity index (χ1v) is 10.1. The summed E-state index contributed by atoms with van der Waals surface area (Å²) in [5.74, 6) is 2.00. The summed E-state index contributed by atoms with van der Waals surface area (Å²) in [4.78, 5) is 5.24. The van der Waals surface area contributed by atoms with Crippen LogP contribution in [0, 0.1) is 0 Å². The minimum absolute atomic E-state index is 0.145. The number of nitrogens with one attached hydrogen (secondary N) is 1. The van der Waals surface area contributed by atoms with Crippen molar-refractivity contribution in [2.75, 3.05) is 25.4 Å². The zero-order chi connectivity index (χ0) is 18.6.